The molecule has 4 heteroatoms. The third-order valence-electron chi connectivity index (χ3n) is 2.78. The number of carbonyl (C=O) groups excluding carboxylic acids is 1. The van der Waals surface area contributed by atoms with Crippen LogP contribution in [0.1, 0.15) is 37.6 Å². The van der Waals surface area contributed by atoms with Gasteiger partial charge in [-0.3, -0.25) is 9.00 Å². The van der Waals surface area contributed by atoms with Gasteiger partial charge in [-0.05, 0) is 44.5 Å². The summed E-state index contributed by atoms with van der Waals surface area (Å²) in [5, 5.41) is 2.96. The number of hydrogen-bond donors (Lipinski definition) is 1. The van der Waals surface area contributed by atoms with Crippen molar-refractivity contribution in [1.82, 2.24) is 5.32 Å². The number of hydrogen-bond acceptors (Lipinski definition) is 2. The van der Waals surface area contributed by atoms with Gasteiger partial charge in [-0.1, -0.05) is 6.92 Å². The summed E-state index contributed by atoms with van der Waals surface area (Å²) in [6.07, 6.45) is 2.49. The van der Waals surface area contributed by atoms with Crippen molar-refractivity contribution < 1.29 is 9.00 Å². The molecule has 0 aliphatic carbocycles. The van der Waals surface area contributed by atoms with E-state index in [9.17, 15) is 9.00 Å². The lowest BCUT2D eigenvalue weighted by Gasteiger charge is -2.24. The molecule has 1 aromatic carbocycles. The van der Waals surface area contributed by atoms with Crippen LogP contribution in [-0.2, 0) is 10.8 Å². The molecule has 1 amide bonds. The van der Waals surface area contributed by atoms with Crippen molar-refractivity contribution in [3.63, 3.8) is 0 Å². The fraction of sp³-hybridized carbons (Fsp3) is 0.462. The Kier molecular flexibility index (Phi) is 4.46. The van der Waals surface area contributed by atoms with E-state index in [4.69, 9.17) is 0 Å². The summed E-state index contributed by atoms with van der Waals surface area (Å²) in [6.45, 7) is 6.00. The summed E-state index contributed by atoms with van der Waals surface area (Å²) in [4.78, 5) is 12.6. The second kappa shape index (κ2) is 5.45. The molecule has 0 saturated carbocycles. The second-order valence-electron chi connectivity index (χ2n) is 4.67. The highest BCUT2D eigenvalue weighted by atomic mass is 32.2. The molecule has 1 aromatic rings. The van der Waals surface area contributed by atoms with Crippen molar-refractivity contribution in [3.05, 3.63) is 29.8 Å². The van der Waals surface area contributed by atoms with Crippen LogP contribution in [-0.4, -0.2) is 21.9 Å². The minimum absolute atomic E-state index is 0.0923. The predicted molar refractivity (Wildman–Crippen MR) is 70.6 cm³/mol. The lowest BCUT2D eigenvalue weighted by Crippen LogP contribution is -2.42. The van der Waals surface area contributed by atoms with Gasteiger partial charge in [0, 0.05) is 33.1 Å². The van der Waals surface area contributed by atoms with E-state index < -0.39 is 10.8 Å². The Bertz CT molecular complexity index is 424. The Labute approximate surface area is 105 Å². The minimum atomic E-state index is -1.00. The topological polar surface area (TPSA) is 46.2 Å². The Hall–Kier alpha value is -1.16. The SMILES string of the molecule is CCC(C)(C)NC(=O)c1ccc([S@](C)=O)cc1. The van der Waals surface area contributed by atoms with Crippen molar-refractivity contribution >= 4 is 16.7 Å². The molecule has 0 heterocycles. The standard InChI is InChI=1S/C13H19NO2S/c1-5-13(2,3)14-12(15)10-6-8-11(9-7-10)17(4)16/h6-9H,5H2,1-4H3,(H,14,15)/t17-/m0/s1. The van der Waals surface area contributed by atoms with Crippen LogP contribution in [0, 0.1) is 0 Å². The fourth-order valence-corrected chi connectivity index (χ4v) is 1.79. The zero-order valence-corrected chi connectivity index (χ0v) is 11.6. The van der Waals surface area contributed by atoms with Gasteiger partial charge in [0.05, 0.1) is 0 Å². The molecule has 0 fully saturated rings. The lowest BCUT2D eigenvalue weighted by atomic mass is 10.0. The highest BCUT2D eigenvalue weighted by molar-refractivity contribution is 7.84. The molecular formula is C13H19NO2S. The summed E-state index contributed by atoms with van der Waals surface area (Å²) < 4.78 is 11.2. The number of benzene rings is 1. The summed E-state index contributed by atoms with van der Waals surface area (Å²) in [5.74, 6) is -0.0923. The van der Waals surface area contributed by atoms with Crippen molar-refractivity contribution in [2.45, 2.75) is 37.6 Å². The third-order valence-corrected chi connectivity index (χ3v) is 3.72. The molecule has 3 nitrogen and oxygen atoms in total. The van der Waals surface area contributed by atoms with Crippen molar-refractivity contribution in [1.29, 1.82) is 0 Å². The normalized spacial score (nSPS) is 13.2. The van der Waals surface area contributed by atoms with E-state index in [-0.39, 0.29) is 11.4 Å². The molecule has 0 bridgehead atoms. The first-order valence-corrected chi connectivity index (χ1v) is 7.17. The van der Waals surface area contributed by atoms with Crippen LogP contribution in [0.4, 0.5) is 0 Å². The zero-order valence-electron chi connectivity index (χ0n) is 10.7. The van der Waals surface area contributed by atoms with Gasteiger partial charge in [0.2, 0.25) is 0 Å². The summed E-state index contributed by atoms with van der Waals surface area (Å²) in [5.41, 5.74) is 0.393. The van der Waals surface area contributed by atoms with Crippen LogP contribution in [0.15, 0.2) is 29.2 Å². The first kappa shape index (κ1) is 13.9. The molecule has 0 saturated heterocycles. The average molecular weight is 253 g/mol. The second-order valence-corrected chi connectivity index (χ2v) is 6.05. The first-order chi connectivity index (χ1) is 7.85. The van der Waals surface area contributed by atoms with Crippen LogP contribution < -0.4 is 5.32 Å². The monoisotopic (exact) mass is 253 g/mol. The van der Waals surface area contributed by atoms with E-state index in [1.54, 1.807) is 30.5 Å². The van der Waals surface area contributed by atoms with Gasteiger partial charge in [0.25, 0.3) is 5.91 Å². The van der Waals surface area contributed by atoms with E-state index in [2.05, 4.69) is 5.32 Å². The molecule has 0 aliphatic rings. The molecule has 1 atom stereocenters. The van der Waals surface area contributed by atoms with Crippen LogP contribution in [0.25, 0.3) is 0 Å². The van der Waals surface area contributed by atoms with Crippen molar-refractivity contribution in [2.24, 2.45) is 0 Å². The Morgan fingerprint density at radius 3 is 2.24 bits per heavy atom. The molecule has 94 valence electrons. The van der Waals surface area contributed by atoms with Gasteiger partial charge in [0.15, 0.2) is 0 Å². The van der Waals surface area contributed by atoms with E-state index in [1.165, 1.54) is 0 Å². The van der Waals surface area contributed by atoms with Crippen molar-refractivity contribution in [3.8, 4) is 0 Å². The van der Waals surface area contributed by atoms with E-state index in [0.717, 1.165) is 11.3 Å². The van der Waals surface area contributed by atoms with Crippen LogP contribution >= 0.6 is 0 Å². The quantitative estimate of drug-likeness (QED) is 0.895. The smallest absolute Gasteiger partial charge is 0.251 e. The van der Waals surface area contributed by atoms with Gasteiger partial charge in [-0.15, -0.1) is 0 Å². The van der Waals surface area contributed by atoms with Crippen LogP contribution in [0.5, 0.6) is 0 Å². The Morgan fingerprint density at radius 2 is 1.82 bits per heavy atom. The van der Waals surface area contributed by atoms with Gasteiger partial charge in [-0.25, -0.2) is 0 Å². The molecule has 0 spiro atoms. The molecule has 0 radical (unpaired) electrons. The van der Waals surface area contributed by atoms with Gasteiger partial charge in [0.1, 0.15) is 0 Å². The maximum absolute atomic E-state index is 11.9. The van der Waals surface area contributed by atoms with E-state index >= 15 is 0 Å². The maximum atomic E-state index is 11.9. The summed E-state index contributed by atoms with van der Waals surface area (Å²) in [7, 11) is -1.00. The minimum Gasteiger partial charge on any atom is -0.347 e. The van der Waals surface area contributed by atoms with Gasteiger partial charge >= 0.3 is 0 Å². The average Bonchev–Trinajstić information content (AvgIpc) is 2.28. The maximum Gasteiger partial charge on any atom is 0.251 e. The van der Waals surface area contributed by atoms with Crippen LogP contribution in [0.2, 0.25) is 0 Å². The number of carbonyl (C=O) groups is 1. The van der Waals surface area contributed by atoms with E-state index in [1.807, 2.05) is 20.8 Å². The zero-order chi connectivity index (χ0) is 13.1. The van der Waals surface area contributed by atoms with Gasteiger partial charge in [-0.2, -0.15) is 0 Å². The van der Waals surface area contributed by atoms with Crippen LogP contribution in [0.3, 0.4) is 0 Å². The molecule has 0 aliphatic heterocycles. The van der Waals surface area contributed by atoms with E-state index in [0.29, 0.717) is 5.56 Å². The first-order valence-electron chi connectivity index (χ1n) is 5.62. The lowest BCUT2D eigenvalue weighted by molar-refractivity contribution is 0.0911. The van der Waals surface area contributed by atoms with Crippen molar-refractivity contribution in [2.75, 3.05) is 6.26 Å². The Morgan fingerprint density at radius 1 is 1.29 bits per heavy atom. The predicted octanol–water partition coefficient (Wildman–Crippen LogP) is 2.34. The highest BCUT2D eigenvalue weighted by Crippen LogP contribution is 2.11. The highest BCUT2D eigenvalue weighted by Gasteiger charge is 2.18. The van der Waals surface area contributed by atoms with Gasteiger partial charge < -0.3 is 5.32 Å². The number of nitrogens with one attached hydrogen (secondary N) is 1. The largest absolute Gasteiger partial charge is 0.347 e. The molecule has 0 aromatic heterocycles. The summed E-state index contributed by atoms with van der Waals surface area (Å²) in [6, 6.07) is 6.86. The number of rotatable bonds is 4. The molecule has 1 rings (SSSR count). The number of amides is 1. The molecular weight excluding hydrogens is 234 g/mol. The summed E-state index contributed by atoms with van der Waals surface area (Å²) >= 11 is 0. The molecule has 1 N–H and O–H groups in total. The third kappa shape index (κ3) is 3.97. The fourth-order valence-electron chi connectivity index (χ4n) is 1.27. The molecule has 17 heavy (non-hydrogen) atoms. The Balaban J connectivity index is 2.80. The molecule has 0 unspecified atom stereocenters.